The molecule has 1 aromatic heterocycles. The number of nitro groups is 1. The fourth-order valence-corrected chi connectivity index (χ4v) is 1.26. The largest absolute Gasteiger partial charge is 0.574 e. The quantitative estimate of drug-likeness (QED) is 0.368. The summed E-state index contributed by atoms with van der Waals surface area (Å²) < 4.78 is 64.6. The van der Waals surface area contributed by atoms with Crippen molar-refractivity contribution in [2.45, 2.75) is 12.8 Å². The zero-order valence-corrected chi connectivity index (χ0v) is 9.71. The molecule has 20 heavy (non-hydrogen) atoms. The molecule has 0 spiro atoms. The van der Waals surface area contributed by atoms with E-state index in [0.717, 1.165) is 0 Å². The van der Waals surface area contributed by atoms with E-state index in [1.54, 1.807) is 0 Å². The molecule has 6 nitrogen and oxygen atoms in total. The lowest BCUT2D eigenvalue weighted by Gasteiger charge is -2.12. The van der Waals surface area contributed by atoms with Gasteiger partial charge >= 0.3 is 6.36 Å². The van der Waals surface area contributed by atoms with Gasteiger partial charge in [-0.15, -0.1) is 13.2 Å². The number of alkyl halides is 5. The minimum atomic E-state index is -5.43. The molecule has 0 aliphatic carbocycles. The summed E-state index contributed by atoms with van der Waals surface area (Å²) in [5.74, 6) is -1.80. The average Bonchev–Trinajstić information content (AvgIpc) is 2.24. The zero-order valence-electron chi connectivity index (χ0n) is 8.95. The number of pyridine rings is 1. The maximum atomic E-state index is 12.6. The summed E-state index contributed by atoms with van der Waals surface area (Å²) in [6.45, 7) is 0. The van der Waals surface area contributed by atoms with Gasteiger partial charge in [-0.25, -0.2) is 13.8 Å². The van der Waals surface area contributed by atoms with E-state index in [1.165, 1.54) is 0 Å². The number of halogens is 6. The summed E-state index contributed by atoms with van der Waals surface area (Å²) in [7, 11) is 0. The molecule has 0 atom stereocenters. The van der Waals surface area contributed by atoms with Crippen LogP contribution in [0.25, 0.3) is 0 Å². The van der Waals surface area contributed by atoms with Crippen molar-refractivity contribution in [3.63, 3.8) is 0 Å². The molecule has 0 bridgehead atoms. The molecular formula is C8H2ClF5N2O4. The smallest absolute Gasteiger partial charge is 0.387 e. The molecule has 0 fully saturated rings. The average molecular weight is 321 g/mol. The van der Waals surface area contributed by atoms with Crippen molar-refractivity contribution in [1.29, 1.82) is 0 Å². The van der Waals surface area contributed by atoms with Crippen LogP contribution in [-0.4, -0.2) is 21.5 Å². The molecule has 0 aliphatic heterocycles. The molecular weight excluding hydrogens is 319 g/mol. The highest BCUT2D eigenvalue weighted by Gasteiger charge is 2.38. The van der Waals surface area contributed by atoms with Gasteiger partial charge in [-0.2, -0.15) is 0 Å². The Morgan fingerprint density at radius 2 is 2.00 bits per heavy atom. The molecule has 0 unspecified atom stereocenters. The zero-order chi connectivity index (χ0) is 15.7. The third-order valence-electron chi connectivity index (χ3n) is 1.83. The van der Waals surface area contributed by atoms with E-state index < -0.39 is 45.8 Å². The van der Waals surface area contributed by atoms with Gasteiger partial charge in [-0.1, -0.05) is 0 Å². The number of hydrogen-bond donors (Lipinski definition) is 0. The number of hydrogen-bond acceptors (Lipinski definition) is 5. The van der Waals surface area contributed by atoms with Gasteiger partial charge in [0.25, 0.3) is 17.4 Å². The van der Waals surface area contributed by atoms with E-state index in [9.17, 15) is 36.9 Å². The van der Waals surface area contributed by atoms with Gasteiger partial charge in [0.1, 0.15) is 5.69 Å². The Balaban J connectivity index is 3.59. The first-order valence-electron chi connectivity index (χ1n) is 4.46. The summed E-state index contributed by atoms with van der Waals surface area (Å²) in [5, 5.41) is 9.10. The first-order valence-corrected chi connectivity index (χ1v) is 4.83. The van der Waals surface area contributed by atoms with Crippen LogP contribution in [-0.2, 0) is 0 Å². The number of carbonyl (C=O) groups excluding carboxylic acids is 1. The number of carbonyl (C=O) groups is 1. The first kappa shape index (κ1) is 16.0. The van der Waals surface area contributed by atoms with Crippen LogP contribution in [0.5, 0.6) is 5.88 Å². The lowest BCUT2D eigenvalue weighted by Crippen LogP contribution is -2.20. The standard InChI is InChI=1S/C8H2ClF5N2O4/c9-5(17)2-1-3(16(18)19)4(6(10)11)7(15-2)20-8(12,13)14/h1,6H. The maximum absolute atomic E-state index is 12.6. The fraction of sp³-hybridized carbons (Fsp3) is 0.250. The highest BCUT2D eigenvalue weighted by molar-refractivity contribution is 6.67. The molecule has 12 heteroatoms. The summed E-state index contributed by atoms with van der Waals surface area (Å²) in [6, 6.07) is 0.236. The van der Waals surface area contributed by atoms with Crippen LogP contribution in [0.3, 0.4) is 0 Å². The molecule has 0 amide bonds. The van der Waals surface area contributed by atoms with Crippen LogP contribution in [0.2, 0.25) is 0 Å². The van der Waals surface area contributed by atoms with Crippen LogP contribution in [0.1, 0.15) is 22.5 Å². The molecule has 1 rings (SSSR count). The SMILES string of the molecule is O=C(Cl)c1cc([N+](=O)[O-])c(C(F)F)c(OC(F)(F)F)n1. The van der Waals surface area contributed by atoms with E-state index in [2.05, 4.69) is 9.72 Å². The van der Waals surface area contributed by atoms with E-state index in [4.69, 9.17) is 11.6 Å². The normalized spacial score (nSPS) is 11.6. The van der Waals surface area contributed by atoms with Gasteiger partial charge in [0.2, 0.25) is 5.88 Å². The third kappa shape index (κ3) is 3.73. The second-order valence-electron chi connectivity index (χ2n) is 3.12. The van der Waals surface area contributed by atoms with Crippen LogP contribution >= 0.6 is 11.6 Å². The molecule has 1 heterocycles. The summed E-state index contributed by atoms with van der Waals surface area (Å²) in [4.78, 5) is 22.8. The summed E-state index contributed by atoms with van der Waals surface area (Å²) >= 11 is 4.91. The minimum Gasteiger partial charge on any atom is -0.387 e. The summed E-state index contributed by atoms with van der Waals surface area (Å²) in [5.41, 5.74) is -4.19. The first-order chi connectivity index (χ1) is 9.03. The molecule has 110 valence electrons. The van der Waals surface area contributed by atoms with Gasteiger partial charge in [0, 0.05) is 6.07 Å². The second kappa shape index (κ2) is 5.53. The van der Waals surface area contributed by atoms with Crippen molar-refractivity contribution in [3.8, 4) is 5.88 Å². The van der Waals surface area contributed by atoms with Crippen LogP contribution in [0, 0.1) is 10.1 Å². The lowest BCUT2D eigenvalue weighted by atomic mass is 10.2. The Morgan fingerprint density at radius 1 is 1.45 bits per heavy atom. The van der Waals surface area contributed by atoms with Gasteiger partial charge in [0.05, 0.1) is 4.92 Å². The van der Waals surface area contributed by atoms with Crippen molar-refractivity contribution in [1.82, 2.24) is 4.98 Å². The second-order valence-corrected chi connectivity index (χ2v) is 3.47. The number of nitrogens with zero attached hydrogens (tertiary/aromatic N) is 2. The number of rotatable bonds is 4. The van der Waals surface area contributed by atoms with Crippen molar-refractivity contribution >= 4 is 22.5 Å². The van der Waals surface area contributed by atoms with Crippen molar-refractivity contribution in [2.75, 3.05) is 0 Å². The fourth-order valence-electron chi connectivity index (χ4n) is 1.16. The van der Waals surface area contributed by atoms with Gasteiger partial charge in [-0.3, -0.25) is 14.9 Å². The molecule has 0 saturated heterocycles. The molecule has 0 aliphatic rings. The van der Waals surface area contributed by atoms with Crippen molar-refractivity contribution < 1.29 is 36.4 Å². The predicted octanol–water partition coefficient (Wildman–Crippen LogP) is 3.20. The van der Waals surface area contributed by atoms with E-state index in [-0.39, 0.29) is 6.07 Å². The van der Waals surface area contributed by atoms with E-state index >= 15 is 0 Å². The van der Waals surface area contributed by atoms with E-state index in [1.807, 2.05) is 0 Å². The predicted molar refractivity (Wildman–Crippen MR) is 52.7 cm³/mol. The Morgan fingerprint density at radius 3 is 2.35 bits per heavy atom. The number of aromatic nitrogens is 1. The van der Waals surface area contributed by atoms with E-state index in [0.29, 0.717) is 0 Å². The third-order valence-corrected chi connectivity index (χ3v) is 2.02. The molecule has 1 aromatic rings. The van der Waals surface area contributed by atoms with Crippen molar-refractivity contribution in [3.05, 3.63) is 27.4 Å². The Bertz CT molecular complexity index is 563. The Labute approximate surface area is 111 Å². The van der Waals surface area contributed by atoms with Gasteiger partial charge in [0.15, 0.2) is 5.56 Å². The monoisotopic (exact) mass is 320 g/mol. The Kier molecular flexibility index (Phi) is 4.43. The van der Waals surface area contributed by atoms with Crippen LogP contribution in [0.4, 0.5) is 27.6 Å². The van der Waals surface area contributed by atoms with Gasteiger partial charge in [-0.05, 0) is 11.6 Å². The van der Waals surface area contributed by atoms with Gasteiger partial charge < -0.3 is 4.74 Å². The lowest BCUT2D eigenvalue weighted by molar-refractivity contribution is -0.386. The maximum Gasteiger partial charge on any atom is 0.574 e. The van der Waals surface area contributed by atoms with Crippen LogP contribution in [0.15, 0.2) is 6.07 Å². The molecule has 0 aromatic carbocycles. The van der Waals surface area contributed by atoms with Crippen LogP contribution < -0.4 is 4.74 Å². The molecule has 0 N–H and O–H groups in total. The topological polar surface area (TPSA) is 82.3 Å². The van der Waals surface area contributed by atoms with Crippen molar-refractivity contribution in [2.24, 2.45) is 0 Å². The Hall–Kier alpha value is -2.04. The highest BCUT2D eigenvalue weighted by Crippen LogP contribution is 2.38. The number of ether oxygens (including phenoxy) is 1. The summed E-state index contributed by atoms with van der Waals surface area (Å²) in [6.07, 6.45) is -9.11. The molecule has 0 radical (unpaired) electrons. The minimum absolute atomic E-state index is 0.236. The molecule has 0 saturated carbocycles. The highest BCUT2D eigenvalue weighted by atomic mass is 35.5.